The number of rotatable bonds is 7. The molecule has 0 atom stereocenters. The van der Waals surface area contributed by atoms with Crippen molar-refractivity contribution in [3.05, 3.63) is 48.5 Å². The van der Waals surface area contributed by atoms with E-state index in [1.54, 1.807) is 0 Å². The minimum absolute atomic E-state index is 0.136. The fraction of sp³-hybridized carbons (Fsp3) is 0.400. The molecule has 1 heterocycles. The van der Waals surface area contributed by atoms with E-state index in [1.165, 1.54) is 0 Å². The maximum absolute atomic E-state index is 12.5. The van der Waals surface area contributed by atoms with Crippen molar-refractivity contribution in [1.82, 2.24) is 15.3 Å². The molecule has 0 unspecified atom stereocenters. The molecule has 3 N–H and O–H groups in total. The predicted octanol–water partition coefficient (Wildman–Crippen LogP) is 4.64. The molecule has 1 aliphatic rings. The van der Waals surface area contributed by atoms with Crippen molar-refractivity contribution in [2.45, 2.75) is 44.7 Å². The second kappa shape index (κ2) is 10.4. The number of carbonyl (C=O) groups is 1. The summed E-state index contributed by atoms with van der Waals surface area (Å²) in [5.41, 5.74) is 1.61. The fourth-order valence-electron chi connectivity index (χ4n) is 4.23. The van der Waals surface area contributed by atoms with Crippen LogP contribution in [0.4, 0.5) is 22.2 Å². The molecule has 1 aromatic heterocycles. The number of fused-ring (bicyclic) bond motifs is 1. The summed E-state index contributed by atoms with van der Waals surface area (Å²) in [4.78, 5) is 24.0. The van der Waals surface area contributed by atoms with Gasteiger partial charge in [0.05, 0.1) is 17.8 Å². The first-order valence-corrected chi connectivity index (χ1v) is 11.5. The van der Waals surface area contributed by atoms with Crippen LogP contribution in [-0.2, 0) is 0 Å². The van der Waals surface area contributed by atoms with E-state index in [-0.39, 0.29) is 18.1 Å². The number of hydrogen-bond acceptors (Lipinski definition) is 6. The van der Waals surface area contributed by atoms with Gasteiger partial charge in [-0.1, -0.05) is 24.3 Å². The Morgan fingerprint density at radius 2 is 1.70 bits per heavy atom. The largest absolute Gasteiger partial charge is 0.492 e. The van der Waals surface area contributed by atoms with Gasteiger partial charge in [0.15, 0.2) is 0 Å². The number of anilines is 3. The molecule has 2 aromatic carbocycles. The number of nitrogens with zero attached hydrogens (tertiary/aromatic N) is 3. The average molecular weight is 449 g/mol. The van der Waals surface area contributed by atoms with Crippen LogP contribution in [0.1, 0.15) is 32.6 Å². The number of aromatic nitrogens is 2. The van der Waals surface area contributed by atoms with Crippen LogP contribution in [0.25, 0.3) is 10.9 Å². The third-order valence-corrected chi connectivity index (χ3v) is 5.84. The fourth-order valence-corrected chi connectivity index (χ4v) is 4.23. The van der Waals surface area contributed by atoms with E-state index < -0.39 is 0 Å². The SMILES string of the molecule is CCOc1ccccc1NC(=O)NC1CCC(Nc2nc(N(C)C)c3ccccc3n2)CC1. The van der Waals surface area contributed by atoms with Crippen molar-refractivity contribution in [3.8, 4) is 5.75 Å². The standard InChI is InChI=1S/C25H32N6O2/c1-4-33-22-12-8-7-11-21(22)29-25(32)27-18-15-13-17(14-16-18)26-24-28-20-10-6-5-9-19(20)23(30-24)31(2)3/h5-12,17-18H,4,13-16H2,1-3H3,(H,26,28,30)(H2,27,29,32). The molecule has 3 aromatic rings. The van der Waals surface area contributed by atoms with Crippen LogP contribution in [-0.4, -0.2) is 48.8 Å². The number of amides is 2. The smallest absolute Gasteiger partial charge is 0.319 e. The summed E-state index contributed by atoms with van der Waals surface area (Å²) in [5.74, 6) is 2.23. The quantitative estimate of drug-likeness (QED) is 0.488. The molecule has 8 heteroatoms. The summed E-state index contributed by atoms with van der Waals surface area (Å²) in [5, 5.41) is 10.6. The van der Waals surface area contributed by atoms with Crippen molar-refractivity contribution in [3.63, 3.8) is 0 Å². The number of nitrogens with one attached hydrogen (secondary N) is 3. The van der Waals surface area contributed by atoms with Gasteiger partial charge in [-0.15, -0.1) is 0 Å². The Bertz CT molecular complexity index is 1100. The molecule has 1 saturated carbocycles. The van der Waals surface area contributed by atoms with Crippen LogP contribution >= 0.6 is 0 Å². The third kappa shape index (κ3) is 5.63. The van der Waals surface area contributed by atoms with Gasteiger partial charge in [-0.05, 0) is 56.9 Å². The van der Waals surface area contributed by atoms with Crippen molar-refractivity contribution >= 4 is 34.4 Å². The maximum atomic E-state index is 12.5. The molecule has 0 saturated heterocycles. The Balaban J connectivity index is 1.32. The molecular weight excluding hydrogens is 416 g/mol. The molecule has 0 radical (unpaired) electrons. The van der Waals surface area contributed by atoms with Crippen LogP contribution in [0.5, 0.6) is 5.75 Å². The Labute approximate surface area is 194 Å². The number of urea groups is 1. The second-order valence-electron chi connectivity index (χ2n) is 8.50. The molecule has 2 amide bonds. The molecule has 4 rings (SSSR count). The highest BCUT2D eigenvalue weighted by atomic mass is 16.5. The Kier molecular flexibility index (Phi) is 7.12. The molecule has 8 nitrogen and oxygen atoms in total. The van der Waals surface area contributed by atoms with Gasteiger partial charge >= 0.3 is 6.03 Å². The highest BCUT2D eigenvalue weighted by molar-refractivity contribution is 5.91. The van der Waals surface area contributed by atoms with Gasteiger partial charge in [0.2, 0.25) is 5.95 Å². The lowest BCUT2D eigenvalue weighted by Gasteiger charge is -2.30. The monoisotopic (exact) mass is 448 g/mol. The summed E-state index contributed by atoms with van der Waals surface area (Å²) < 4.78 is 5.58. The van der Waals surface area contributed by atoms with Crippen LogP contribution in [0.15, 0.2) is 48.5 Å². The van der Waals surface area contributed by atoms with E-state index in [0.717, 1.165) is 42.4 Å². The average Bonchev–Trinajstić information content (AvgIpc) is 2.81. The zero-order chi connectivity index (χ0) is 23.2. The number of benzene rings is 2. The van der Waals surface area contributed by atoms with E-state index in [4.69, 9.17) is 14.7 Å². The van der Waals surface area contributed by atoms with Crippen molar-refractivity contribution < 1.29 is 9.53 Å². The zero-order valence-electron chi connectivity index (χ0n) is 19.5. The summed E-state index contributed by atoms with van der Waals surface area (Å²) in [6, 6.07) is 15.7. The third-order valence-electron chi connectivity index (χ3n) is 5.84. The predicted molar refractivity (Wildman–Crippen MR) is 133 cm³/mol. The Morgan fingerprint density at radius 1 is 1.00 bits per heavy atom. The van der Waals surface area contributed by atoms with Gasteiger partial charge in [-0.3, -0.25) is 0 Å². The lowest BCUT2D eigenvalue weighted by molar-refractivity contribution is 0.243. The van der Waals surface area contributed by atoms with Gasteiger partial charge in [-0.2, -0.15) is 4.98 Å². The summed E-state index contributed by atoms with van der Waals surface area (Å²) in [6.45, 7) is 2.47. The lowest BCUT2D eigenvalue weighted by atomic mass is 9.91. The molecule has 1 fully saturated rings. The van der Waals surface area contributed by atoms with Crippen LogP contribution in [0.3, 0.4) is 0 Å². The molecule has 0 spiro atoms. The van der Waals surface area contributed by atoms with Crippen LogP contribution in [0, 0.1) is 0 Å². The van der Waals surface area contributed by atoms with E-state index in [2.05, 4.69) is 16.0 Å². The van der Waals surface area contributed by atoms with E-state index >= 15 is 0 Å². The molecule has 0 bridgehead atoms. The molecular formula is C25H32N6O2. The number of hydrogen-bond donors (Lipinski definition) is 3. The van der Waals surface area contributed by atoms with Crippen molar-refractivity contribution in [1.29, 1.82) is 0 Å². The first-order valence-electron chi connectivity index (χ1n) is 11.5. The first kappa shape index (κ1) is 22.6. The normalized spacial score (nSPS) is 17.9. The summed E-state index contributed by atoms with van der Waals surface area (Å²) in [6.07, 6.45) is 3.67. The van der Waals surface area contributed by atoms with Gasteiger partial charge in [0.1, 0.15) is 11.6 Å². The second-order valence-corrected chi connectivity index (χ2v) is 8.50. The minimum atomic E-state index is -0.202. The van der Waals surface area contributed by atoms with E-state index in [9.17, 15) is 4.79 Å². The Hall–Kier alpha value is -3.55. The Morgan fingerprint density at radius 3 is 2.45 bits per heavy atom. The van der Waals surface area contributed by atoms with E-state index in [1.807, 2.05) is 74.4 Å². The highest BCUT2D eigenvalue weighted by Gasteiger charge is 2.23. The number of carbonyl (C=O) groups excluding carboxylic acids is 1. The van der Waals surface area contributed by atoms with Gasteiger partial charge in [0, 0.05) is 31.6 Å². The van der Waals surface area contributed by atoms with Crippen LogP contribution in [0.2, 0.25) is 0 Å². The van der Waals surface area contributed by atoms with E-state index in [0.29, 0.717) is 24.0 Å². The number of para-hydroxylation sites is 3. The summed E-state index contributed by atoms with van der Waals surface area (Å²) in [7, 11) is 3.99. The highest BCUT2D eigenvalue weighted by Crippen LogP contribution is 2.27. The molecule has 1 aliphatic carbocycles. The van der Waals surface area contributed by atoms with Gasteiger partial charge in [0.25, 0.3) is 0 Å². The van der Waals surface area contributed by atoms with Crippen molar-refractivity contribution in [2.24, 2.45) is 0 Å². The molecule has 0 aliphatic heterocycles. The summed E-state index contributed by atoms with van der Waals surface area (Å²) >= 11 is 0. The maximum Gasteiger partial charge on any atom is 0.319 e. The zero-order valence-corrected chi connectivity index (χ0v) is 19.5. The van der Waals surface area contributed by atoms with Crippen molar-refractivity contribution in [2.75, 3.05) is 36.2 Å². The lowest BCUT2D eigenvalue weighted by Crippen LogP contribution is -2.42. The topological polar surface area (TPSA) is 91.4 Å². The number of ether oxygens (including phenoxy) is 1. The first-order chi connectivity index (χ1) is 16.0. The molecule has 33 heavy (non-hydrogen) atoms. The minimum Gasteiger partial charge on any atom is -0.492 e. The van der Waals surface area contributed by atoms with Crippen LogP contribution < -0.4 is 25.6 Å². The molecule has 174 valence electrons. The van der Waals surface area contributed by atoms with Gasteiger partial charge < -0.3 is 25.6 Å². The van der Waals surface area contributed by atoms with Gasteiger partial charge in [-0.25, -0.2) is 9.78 Å².